The number of amides is 1. The lowest BCUT2D eigenvalue weighted by Crippen LogP contribution is -2.43. The van der Waals surface area contributed by atoms with E-state index in [9.17, 15) is 14.7 Å². The predicted molar refractivity (Wildman–Crippen MR) is 73.6 cm³/mol. The molecule has 1 aliphatic rings. The summed E-state index contributed by atoms with van der Waals surface area (Å²) in [7, 11) is 0. The van der Waals surface area contributed by atoms with Crippen LogP contribution in [0.15, 0.2) is 0 Å². The Labute approximate surface area is 114 Å². The molecule has 5 heteroatoms. The number of hydrogen-bond donors (Lipinski definition) is 3. The summed E-state index contributed by atoms with van der Waals surface area (Å²) in [5.41, 5.74) is 5.59. The third-order valence-corrected chi connectivity index (χ3v) is 4.06. The number of hydrogen-bond acceptors (Lipinski definition) is 3. The Morgan fingerprint density at radius 2 is 2.00 bits per heavy atom. The van der Waals surface area contributed by atoms with Gasteiger partial charge in [0.1, 0.15) is 0 Å². The summed E-state index contributed by atoms with van der Waals surface area (Å²) in [5.74, 6) is -1.10. The van der Waals surface area contributed by atoms with Gasteiger partial charge in [0.2, 0.25) is 5.91 Å². The first-order valence-corrected chi connectivity index (χ1v) is 7.30. The van der Waals surface area contributed by atoms with Crippen molar-refractivity contribution in [1.29, 1.82) is 0 Å². The first kappa shape index (κ1) is 16.0. The maximum atomic E-state index is 12.0. The third-order valence-electron chi connectivity index (χ3n) is 4.06. The highest BCUT2D eigenvalue weighted by Crippen LogP contribution is 2.24. The molecule has 110 valence electrons. The highest BCUT2D eigenvalue weighted by molar-refractivity contribution is 5.78. The zero-order valence-electron chi connectivity index (χ0n) is 11.7. The minimum Gasteiger partial charge on any atom is -0.481 e. The number of rotatable bonds is 6. The molecule has 1 fully saturated rings. The highest BCUT2D eigenvalue weighted by Gasteiger charge is 2.30. The van der Waals surface area contributed by atoms with Crippen LogP contribution >= 0.6 is 0 Å². The second kappa shape index (κ2) is 8.15. The molecule has 1 amide bonds. The molecule has 0 aliphatic heterocycles. The summed E-state index contributed by atoms with van der Waals surface area (Å²) in [6, 6.07) is -0.220. The lowest BCUT2D eigenvalue weighted by Gasteiger charge is -2.23. The summed E-state index contributed by atoms with van der Waals surface area (Å²) in [6.45, 7) is 2.51. The number of carbonyl (C=O) groups excluding carboxylic acids is 1. The van der Waals surface area contributed by atoms with E-state index in [0.717, 1.165) is 32.1 Å². The van der Waals surface area contributed by atoms with E-state index >= 15 is 0 Å². The van der Waals surface area contributed by atoms with Crippen molar-refractivity contribution >= 4 is 11.9 Å². The van der Waals surface area contributed by atoms with Crippen LogP contribution in [0.25, 0.3) is 0 Å². The molecule has 19 heavy (non-hydrogen) atoms. The van der Waals surface area contributed by atoms with E-state index in [0.29, 0.717) is 19.4 Å². The summed E-state index contributed by atoms with van der Waals surface area (Å²) < 4.78 is 0. The molecule has 3 unspecified atom stereocenters. The topological polar surface area (TPSA) is 92.4 Å². The third kappa shape index (κ3) is 5.19. The minimum absolute atomic E-state index is 0.0598. The number of carboxylic acids is 1. The maximum absolute atomic E-state index is 12.0. The number of nitrogens with two attached hydrogens (primary N) is 1. The second-order valence-corrected chi connectivity index (χ2v) is 5.47. The molecule has 0 aromatic heterocycles. The molecule has 0 spiro atoms. The summed E-state index contributed by atoms with van der Waals surface area (Å²) >= 11 is 0. The van der Waals surface area contributed by atoms with Crippen molar-refractivity contribution in [3.05, 3.63) is 0 Å². The van der Waals surface area contributed by atoms with Crippen molar-refractivity contribution < 1.29 is 14.7 Å². The van der Waals surface area contributed by atoms with Crippen LogP contribution in [0.1, 0.15) is 51.9 Å². The largest absolute Gasteiger partial charge is 0.481 e. The van der Waals surface area contributed by atoms with Crippen molar-refractivity contribution in [1.82, 2.24) is 5.32 Å². The van der Waals surface area contributed by atoms with E-state index in [1.807, 2.05) is 6.92 Å². The van der Waals surface area contributed by atoms with Gasteiger partial charge in [-0.2, -0.15) is 0 Å². The highest BCUT2D eigenvalue weighted by atomic mass is 16.4. The molecular weight excluding hydrogens is 244 g/mol. The van der Waals surface area contributed by atoms with E-state index in [4.69, 9.17) is 5.73 Å². The van der Waals surface area contributed by atoms with Gasteiger partial charge in [-0.3, -0.25) is 9.59 Å². The first-order chi connectivity index (χ1) is 9.08. The molecule has 3 atom stereocenters. The van der Waals surface area contributed by atoms with Gasteiger partial charge in [0.25, 0.3) is 0 Å². The normalized spacial score (nSPS) is 25.4. The summed E-state index contributed by atoms with van der Waals surface area (Å²) in [5, 5.41) is 12.2. The van der Waals surface area contributed by atoms with Gasteiger partial charge >= 0.3 is 5.97 Å². The van der Waals surface area contributed by atoms with Crippen molar-refractivity contribution in [3.8, 4) is 0 Å². The maximum Gasteiger partial charge on any atom is 0.308 e. The van der Waals surface area contributed by atoms with E-state index < -0.39 is 11.9 Å². The van der Waals surface area contributed by atoms with Crippen molar-refractivity contribution in [3.63, 3.8) is 0 Å². The zero-order chi connectivity index (χ0) is 14.3. The Bertz CT molecular complexity index is 303. The van der Waals surface area contributed by atoms with Gasteiger partial charge in [-0.15, -0.1) is 0 Å². The average molecular weight is 270 g/mol. The van der Waals surface area contributed by atoms with Gasteiger partial charge in [0.05, 0.1) is 5.92 Å². The molecule has 0 bridgehead atoms. The van der Waals surface area contributed by atoms with Gasteiger partial charge in [-0.25, -0.2) is 0 Å². The molecule has 5 nitrogen and oxygen atoms in total. The predicted octanol–water partition coefficient (Wildman–Crippen LogP) is 1.51. The van der Waals surface area contributed by atoms with E-state index in [2.05, 4.69) is 5.32 Å². The quantitative estimate of drug-likeness (QED) is 0.638. The smallest absolute Gasteiger partial charge is 0.308 e. The van der Waals surface area contributed by atoms with E-state index in [-0.39, 0.29) is 17.9 Å². The molecule has 0 aromatic rings. The van der Waals surface area contributed by atoms with Crippen LogP contribution in [-0.4, -0.2) is 29.6 Å². The molecule has 0 heterocycles. The fourth-order valence-electron chi connectivity index (χ4n) is 2.70. The number of aliphatic carboxylic acids is 1. The Morgan fingerprint density at radius 1 is 1.32 bits per heavy atom. The molecular formula is C14H26N2O3. The van der Waals surface area contributed by atoms with Gasteiger partial charge in [0, 0.05) is 12.5 Å². The number of carboxylic acid groups (broad SMARTS) is 1. The molecule has 0 saturated heterocycles. The molecule has 0 radical (unpaired) electrons. The Balaban J connectivity index is 2.55. The number of carbonyl (C=O) groups is 2. The summed E-state index contributed by atoms with van der Waals surface area (Å²) in [4.78, 5) is 23.2. The van der Waals surface area contributed by atoms with Crippen LogP contribution in [0.4, 0.5) is 0 Å². The lowest BCUT2D eigenvalue weighted by molar-refractivity contribution is -0.143. The van der Waals surface area contributed by atoms with Gasteiger partial charge in [-0.1, -0.05) is 32.6 Å². The Hall–Kier alpha value is -1.10. The molecule has 4 N–H and O–H groups in total. The lowest BCUT2D eigenvalue weighted by atomic mass is 9.94. The van der Waals surface area contributed by atoms with Crippen LogP contribution in [0.5, 0.6) is 0 Å². The van der Waals surface area contributed by atoms with Crippen LogP contribution in [0, 0.1) is 11.8 Å². The van der Waals surface area contributed by atoms with Crippen LogP contribution < -0.4 is 11.1 Å². The van der Waals surface area contributed by atoms with Crippen LogP contribution in [0.2, 0.25) is 0 Å². The summed E-state index contributed by atoms with van der Waals surface area (Å²) in [6.07, 6.45) is 5.67. The van der Waals surface area contributed by atoms with Crippen LogP contribution in [-0.2, 0) is 9.59 Å². The second-order valence-electron chi connectivity index (χ2n) is 5.47. The average Bonchev–Trinajstić information content (AvgIpc) is 2.61. The standard InChI is InChI=1S/C14H26N2O3/c1-2-10(9-15)8-13(17)16-12-7-5-3-4-6-11(12)14(18)19/h10-12H,2-9,15H2,1H3,(H,16,17)(H,18,19). The fraction of sp³-hybridized carbons (Fsp3) is 0.857. The minimum atomic E-state index is -0.793. The van der Waals surface area contributed by atoms with E-state index in [1.165, 1.54) is 0 Å². The molecule has 1 rings (SSSR count). The monoisotopic (exact) mass is 270 g/mol. The van der Waals surface area contributed by atoms with Gasteiger partial charge < -0.3 is 16.2 Å². The van der Waals surface area contributed by atoms with Crippen molar-refractivity contribution in [2.75, 3.05) is 6.54 Å². The van der Waals surface area contributed by atoms with Crippen LogP contribution in [0.3, 0.4) is 0 Å². The van der Waals surface area contributed by atoms with E-state index in [1.54, 1.807) is 0 Å². The first-order valence-electron chi connectivity index (χ1n) is 7.30. The Morgan fingerprint density at radius 3 is 2.58 bits per heavy atom. The number of nitrogens with one attached hydrogen (secondary N) is 1. The Kier molecular flexibility index (Phi) is 6.84. The molecule has 1 saturated carbocycles. The van der Waals surface area contributed by atoms with Crippen molar-refractivity contribution in [2.45, 2.75) is 57.9 Å². The SMILES string of the molecule is CCC(CN)CC(=O)NC1CCCCCC1C(=O)O. The van der Waals surface area contributed by atoms with Crippen molar-refractivity contribution in [2.24, 2.45) is 17.6 Å². The zero-order valence-corrected chi connectivity index (χ0v) is 11.7. The molecule has 0 aromatic carbocycles. The fourth-order valence-corrected chi connectivity index (χ4v) is 2.70. The van der Waals surface area contributed by atoms with Gasteiger partial charge in [0.15, 0.2) is 0 Å². The molecule has 1 aliphatic carbocycles. The van der Waals surface area contributed by atoms with Gasteiger partial charge in [-0.05, 0) is 25.3 Å².